The summed E-state index contributed by atoms with van der Waals surface area (Å²) in [6, 6.07) is 6.99. The smallest absolute Gasteiger partial charge is 0.380 e. The molecule has 0 radical (unpaired) electrons. The number of rotatable bonds is 8. The molecule has 1 fully saturated rings. The van der Waals surface area contributed by atoms with Gasteiger partial charge in [-0.25, -0.2) is 24.1 Å². The van der Waals surface area contributed by atoms with Crippen LogP contribution in [0.15, 0.2) is 53.7 Å². The Balaban J connectivity index is 1.49. The van der Waals surface area contributed by atoms with Crippen LogP contribution in [0.3, 0.4) is 0 Å². The monoisotopic (exact) mass is 582 g/mol. The number of halogens is 5. The summed E-state index contributed by atoms with van der Waals surface area (Å²) in [5, 5.41) is 11.2. The highest BCUT2D eigenvalue weighted by Crippen LogP contribution is 2.25. The van der Waals surface area contributed by atoms with E-state index in [0.717, 1.165) is 9.25 Å². The van der Waals surface area contributed by atoms with Crippen LogP contribution in [0.25, 0.3) is 17.2 Å². The van der Waals surface area contributed by atoms with Crippen molar-refractivity contribution in [2.45, 2.75) is 25.3 Å². The van der Waals surface area contributed by atoms with Gasteiger partial charge in [-0.15, -0.1) is 10.2 Å². The van der Waals surface area contributed by atoms with Crippen LogP contribution in [-0.2, 0) is 22.6 Å². The summed E-state index contributed by atoms with van der Waals surface area (Å²) < 4.78 is 49.9. The lowest BCUT2D eigenvalue weighted by molar-refractivity contribution is -0.169. The number of benzene rings is 1. The molecule has 16 heteroatoms. The molecule has 1 aliphatic rings. The zero-order valence-electron chi connectivity index (χ0n) is 19.8. The predicted molar refractivity (Wildman–Crippen MR) is 132 cm³/mol. The highest BCUT2D eigenvalue weighted by Gasteiger charge is 2.43. The van der Waals surface area contributed by atoms with Crippen LogP contribution >= 0.6 is 23.2 Å². The molecular weight excluding hydrogens is 564 g/mol. The zero-order valence-corrected chi connectivity index (χ0v) is 21.4. The standard InChI is InChI=1S/C23H19Cl2F3N8O3/c24-15-5-3-13(4-6-15)19-33-35(9-18-30-12-36(32-18)20-16(25)2-1-7-29-20)22(38)34(19)8-17(23(26,27)28)31-21(37)14-10-39-11-14/h1-7,12,14,17H,8-11H2,(H,31,37). The fourth-order valence-electron chi connectivity index (χ4n) is 3.76. The molecule has 1 aromatic carbocycles. The molecule has 39 heavy (non-hydrogen) atoms. The number of amides is 1. The summed E-state index contributed by atoms with van der Waals surface area (Å²) >= 11 is 12.1. The first-order chi connectivity index (χ1) is 18.6. The number of nitrogens with zero attached hydrogens (tertiary/aromatic N) is 7. The van der Waals surface area contributed by atoms with Gasteiger partial charge in [0, 0.05) is 16.8 Å². The maximum atomic E-state index is 14.0. The van der Waals surface area contributed by atoms with Crippen molar-refractivity contribution >= 4 is 29.1 Å². The van der Waals surface area contributed by atoms with E-state index in [2.05, 4.69) is 20.2 Å². The maximum Gasteiger partial charge on any atom is 0.410 e. The molecule has 1 aliphatic heterocycles. The Morgan fingerprint density at radius 3 is 2.51 bits per heavy atom. The first kappa shape index (κ1) is 26.8. The third-order valence-electron chi connectivity index (χ3n) is 5.90. The Kier molecular flexibility index (Phi) is 7.42. The number of ether oxygens (including phenoxy) is 1. The normalized spacial score (nSPS) is 14.7. The van der Waals surface area contributed by atoms with Gasteiger partial charge in [-0.2, -0.15) is 13.2 Å². The fourth-order valence-corrected chi connectivity index (χ4v) is 4.10. The SMILES string of the molecule is O=C(NC(Cn1c(-c2ccc(Cl)cc2)nn(Cc2ncn(-c3ncccc3Cl)n2)c1=O)C(F)(F)F)C1COC1. The highest BCUT2D eigenvalue weighted by atomic mass is 35.5. The molecule has 4 aromatic rings. The van der Waals surface area contributed by atoms with E-state index < -0.39 is 36.3 Å². The lowest BCUT2D eigenvalue weighted by Crippen LogP contribution is -2.53. The van der Waals surface area contributed by atoms with E-state index in [1.165, 1.54) is 41.5 Å². The van der Waals surface area contributed by atoms with Gasteiger partial charge < -0.3 is 10.1 Å². The number of alkyl halides is 3. The van der Waals surface area contributed by atoms with E-state index >= 15 is 0 Å². The van der Waals surface area contributed by atoms with Gasteiger partial charge in [0.25, 0.3) is 0 Å². The number of aromatic nitrogens is 7. The van der Waals surface area contributed by atoms with E-state index in [-0.39, 0.29) is 31.4 Å². The van der Waals surface area contributed by atoms with Crippen LogP contribution < -0.4 is 11.0 Å². The Morgan fingerprint density at radius 1 is 1.13 bits per heavy atom. The Bertz CT molecular complexity index is 1550. The molecule has 1 atom stereocenters. The van der Waals surface area contributed by atoms with Crippen molar-refractivity contribution in [2.24, 2.45) is 5.92 Å². The van der Waals surface area contributed by atoms with Crippen LogP contribution in [0.4, 0.5) is 13.2 Å². The van der Waals surface area contributed by atoms with Crippen molar-refractivity contribution < 1.29 is 22.7 Å². The van der Waals surface area contributed by atoms with E-state index in [4.69, 9.17) is 27.9 Å². The Hall–Kier alpha value is -3.75. The van der Waals surface area contributed by atoms with Gasteiger partial charge in [0.15, 0.2) is 17.5 Å². The first-order valence-corrected chi connectivity index (χ1v) is 12.3. The van der Waals surface area contributed by atoms with Crippen LogP contribution in [0.5, 0.6) is 0 Å². The molecule has 0 saturated carbocycles. The summed E-state index contributed by atoms with van der Waals surface area (Å²) in [5.74, 6) is -1.10. The molecular formula is C23H19Cl2F3N8O3. The summed E-state index contributed by atoms with van der Waals surface area (Å²) in [5.41, 5.74) is -0.517. The topological polar surface area (TPSA) is 122 Å². The molecule has 204 valence electrons. The minimum Gasteiger partial charge on any atom is -0.380 e. The zero-order chi connectivity index (χ0) is 27.7. The maximum absolute atomic E-state index is 14.0. The van der Waals surface area contributed by atoms with Crippen molar-refractivity contribution in [3.63, 3.8) is 0 Å². The minimum atomic E-state index is -4.85. The number of pyridine rings is 1. The van der Waals surface area contributed by atoms with Gasteiger partial charge >= 0.3 is 11.9 Å². The quantitative estimate of drug-likeness (QED) is 0.339. The van der Waals surface area contributed by atoms with Crippen LogP contribution in [0.2, 0.25) is 10.0 Å². The number of hydrogen-bond acceptors (Lipinski definition) is 7. The van der Waals surface area contributed by atoms with E-state index in [1.807, 2.05) is 5.32 Å². The molecule has 4 heterocycles. The molecule has 3 aromatic heterocycles. The average molecular weight is 583 g/mol. The summed E-state index contributed by atoms with van der Waals surface area (Å²) in [6.07, 6.45) is -1.99. The van der Waals surface area contributed by atoms with Crippen LogP contribution in [0, 0.1) is 5.92 Å². The molecule has 0 bridgehead atoms. The number of carbonyl (C=O) groups is 1. The second kappa shape index (κ2) is 10.8. The predicted octanol–water partition coefficient (Wildman–Crippen LogP) is 2.74. The molecule has 1 saturated heterocycles. The lowest BCUT2D eigenvalue weighted by atomic mass is 10.1. The van der Waals surface area contributed by atoms with Crippen LogP contribution in [-0.4, -0.2) is 65.4 Å². The molecule has 11 nitrogen and oxygen atoms in total. The molecule has 5 rings (SSSR count). The Morgan fingerprint density at radius 2 is 1.87 bits per heavy atom. The molecule has 1 unspecified atom stereocenters. The van der Waals surface area contributed by atoms with Crippen LogP contribution in [0.1, 0.15) is 5.82 Å². The summed E-state index contributed by atoms with van der Waals surface area (Å²) in [7, 11) is 0. The lowest BCUT2D eigenvalue weighted by Gasteiger charge is -2.28. The Labute approximate surface area is 228 Å². The van der Waals surface area contributed by atoms with E-state index in [0.29, 0.717) is 21.4 Å². The second-order valence-corrected chi connectivity index (χ2v) is 9.48. The van der Waals surface area contributed by atoms with Gasteiger partial charge in [-0.1, -0.05) is 23.2 Å². The fraction of sp³-hybridized carbons (Fsp3) is 0.304. The molecule has 1 amide bonds. The molecule has 0 aliphatic carbocycles. The van der Waals surface area contributed by atoms with E-state index in [9.17, 15) is 22.8 Å². The molecule has 0 spiro atoms. The average Bonchev–Trinajstić information content (AvgIpc) is 3.43. The largest absolute Gasteiger partial charge is 0.410 e. The third-order valence-corrected chi connectivity index (χ3v) is 6.44. The minimum absolute atomic E-state index is 0.0354. The van der Waals surface area contributed by atoms with Crippen molar-refractivity contribution in [3.05, 3.63) is 75.3 Å². The van der Waals surface area contributed by atoms with E-state index in [1.54, 1.807) is 12.1 Å². The summed E-state index contributed by atoms with van der Waals surface area (Å²) in [4.78, 5) is 33.9. The number of carbonyl (C=O) groups excluding carboxylic acids is 1. The van der Waals surface area contributed by atoms with Gasteiger partial charge in [0.2, 0.25) is 5.91 Å². The highest BCUT2D eigenvalue weighted by molar-refractivity contribution is 6.32. The van der Waals surface area contributed by atoms with Crippen molar-refractivity contribution in [1.29, 1.82) is 0 Å². The van der Waals surface area contributed by atoms with Crippen molar-refractivity contribution in [2.75, 3.05) is 13.2 Å². The van der Waals surface area contributed by atoms with Crippen molar-refractivity contribution in [3.8, 4) is 17.2 Å². The van der Waals surface area contributed by atoms with Gasteiger partial charge in [-0.3, -0.25) is 9.36 Å². The van der Waals surface area contributed by atoms with Crippen molar-refractivity contribution in [1.82, 2.24) is 39.4 Å². The van der Waals surface area contributed by atoms with Gasteiger partial charge in [0.1, 0.15) is 18.9 Å². The summed E-state index contributed by atoms with van der Waals surface area (Å²) in [6.45, 7) is -1.10. The number of nitrogens with one attached hydrogen (secondary N) is 1. The number of hydrogen-bond donors (Lipinski definition) is 1. The second-order valence-electron chi connectivity index (χ2n) is 8.63. The van der Waals surface area contributed by atoms with Gasteiger partial charge in [0.05, 0.1) is 30.7 Å². The first-order valence-electron chi connectivity index (χ1n) is 11.5. The third kappa shape index (κ3) is 5.82. The molecule has 1 N–H and O–H groups in total. The van der Waals surface area contributed by atoms with Gasteiger partial charge in [-0.05, 0) is 36.4 Å².